The molecule has 1 unspecified atom stereocenters. The number of nitrogens with zero attached hydrogens (tertiary/aromatic N) is 1. The Morgan fingerprint density at radius 2 is 2.25 bits per heavy atom. The summed E-state index contributed by atoms with van der Waals surface area (Å²) in [6.45, 7) is 7.07. The molecule has 0 amide bonds. The van der Waals surface area contributed by atoms with E-state index >= 15 is 0 Å². The molecule has 108 valence electrons. The number of thiophene rings is 1. The lowest BCUT2D eigenvalue weighted by atomic mass is 10.1. The Hall–Kier alpha value is -0.940. The van der Waals surface area contributed by atoms with Gasteiger partial charge in [-0.15, -0.1) is 11.3 Å². The van der Waals surface area contributed by atoms with E-state index in [1.54, 1.807) is 0 Å². The van der Waals surface area contributed by atoms with Gasteiger partial charge in [-0.1, -0.05) is 18.2 Å². The third-order valence-electron chi connectivity index (χ3n) is 3.83. The molecule has 4 heteroatoms. The number of morpholine rings is 1. The first kappa shape index (κ1) is 14.0. The van der Waals surface area contributed by atoms with E-state index in [2.05, 4.69) is 41.4 Å². The number of hydrogen-bond donors (Lipinski definition) is 1. The maximum atomic E-state index is 5.64. The van der Waals surface area contributed by atoms with Crippen molar-refractivity contribution < 1.29 is 4.74 Å². The molecular weight excluding hydrogens is 268 g/mol. The fourth-order valence-electron chi connectivity index (χ4n) is 2.88. The molecule has 2 aromatic rings. The summed E-state index contributed by atoms with van der Waals surface area (Å²) in [5.41, 5.74) is 1.49. The summed E-state index contributed by atoms with van der Waals surface area (Å²) in [4.78, 5) is 3.98. The molecule has 1 saturated heterocycles. The molecule has 1 N–H and O–H groups in total. The summed E-state index contributed by atoms with van der Waals surface area (Å²) in [7, 11) is 2.02. The van der Waals surface area contributed by atoms with Crippen molar-refractivity contribution in [1.29, 1.82) is 0 Å². The van der Waals surface area contributed by atoms with Crippen LogP contribution in [-0.4, -0.2) is 37.7 Å². The zero-order chi connectivity index (χ0) is 13.9. The van der Waals surface area contributed by atoms with E-state index in [1.807, 2.05) is 18.4 Å². The average Bonchev–Trinajstić information content (AvgIpc) is 2.78. The van der Waals surface area contributed by atoms with Gasteiger partial charge in [0.1, 0.15) is 0 Å². The van der Waals surface area contributed by atoms with Crippen LogP contribution in [0.2, 0.25) is 0 Å². The zero-order valence-corrected chi connectivity index (χ0v) is 13.0. The van der Waals surface area contributed by atoms with Gasteiger partial charge < -0.3 is 10.1 Å². The maximum absolute atomic E-state index is 5.64. The third-order valence-corrected chi connectivity index (χ3v) is 5.04. The van der Waals surface area contributed by atoms with Gasteiger partial charge in [0.15, 0.2) is 0 Å². The van der Waals surface area contributed by atoms with Gasteiger partial charge in [-0.3, -0.25) is 4.90 Å². The first-order chi connectivity index (χ1) is 9.78. The molecule has 0 saturated carbocycles. The molecule has 20 heavy (non-hydrogen) atoms. The predicted molar refractivity (Wildman–Crippen MR) is 85.3 cm³/mol. The highest BCUT2D eigenvalue weighted by Gasteiger charge is 2.20. The minimum atomic E-state index is 0.349. The Bertz CT molecular complexity index is 581. The van der Waals surface area contributed by atoms with Crippen molar-refractivity contribution in [1.82, 2.24) is 10.2 Å². The molecule has 1 aliphatic heterocycles. The van der Waals surface area contributed by atoms with E-state index in [1.165, 1.54) is 20.5 Å². The molecule has 0 bridgehead atoms. The molecule has 0 radical (unpaired) electrons. The highest BCUT2D eigenvalue weighted by molar-refractivity contribution is 7.19. The predicted octanol–water partition coefficient (Wildman–Crippen LogP) is 2.84. The van der Waals surface area contributed by atoms with Crippen LogP contribution in [0.5, 0.6) is 0 Å². The van der Waals surface area contributed by atoms with Crippen LogP contribution in [0.25, 0.3) is 10.1 Å². The van der Waals surface area contributed by atoms with Crippen molar-refractivity contribution in [2.45, 2.75) is 26.1 Å². The summed E-state index contributed by atoms with van der Waals surface area (Å²) in [5, 5.41) is 4.72. The summed E-state index contributed by atoms with van der Waals surface area (Å²) < 4.78 is 7.04. The highest BCUT2D eigenvalue weighted by Crippen LogP contribution is 2.32. The number of benzene rings is 1. The van der Waals surface area contributed by atoms with Crippen molar-refractivity contribution in [2.75, 3.05) is 26.7 Å². The van der Waals surface area contributed by atoms with Gasteiger partial charge in [-0.25, -0.2) is 0 Å². The molecule has 3 rings (SSSR count). The lowest BCUT2D eigenvalue weighted by molar-refractivity contribution is -0.0211. The summed E-state index contributed by atoms with van der Waals surface area (Å²) in [6.07, 6.45) is 0.349. The Morgan fingerprint density at radius 3 is 3.05 bits per heavy atom. The standard InChI is InChI=1S/C16H22N2OS/c1-12-10-18(7-8-19-12)11-14-13-5-3-4-6-15(13)20-16(14)9-17-2/h3-6,12,17H,7-11H2,1-2H3. The first-order valence-corrected chi connectivity index (χ1v) is 8.07. The molecule has 1 aromatic heterocycles. The van der Waals surface area contributed by atoms with Crippen LogP contribution in [-0.2, 0) is 17.8 Å². The van der Waals surface area contributed by atoms with Crippen LogP contribution in [0.15, 0.2) is 24.3 Å². The summed E-state index contributed by atoms with van der Waals surface area (Å²) in [5.74, 6) is 0. The molecule has 3 nitrogen and oxygen atoms in total. The van der Waals surface area contributed by atoms with Crippen LogP contribution < -0.4 is 5.32 Å². The Labute approximate surface area is 124 Å². The lowest BCUT2D eigenvalue weighted by Crippen LogP contribution is -2.40. The highest BCUT2D eigenvalue weighted by atomic mass is 32.1. The van der Waals surface area contributed by atoms with Crippen molar-refractivity contribution in [3.8, 4) is 0 Å². The maximum Gasteiger partial charge on any atom is 0.0674 e. The van der Waals surface area contributed by atoms with Gasteiger partial charge in [-0.05, 0) is 31.0 Å². The average molecular weight is 290 g/mol. The van der Waals surface area contributed by atoms with Crippen LogP contribution in [0.1, 0.15) is 17.4 Å². The Kier molecular flexibility index (Phi) is 4.36. The quantitative estimate of drug-likeness (QED) is 0.937. The molecule has 0 spiro atoms. The first-order valence-electron chi connectivity index (χ1n) is 7.25. The van der Waals surface area contributed by atoms with E-state index in [-0.39, 0.29) is 0 Å². The van der Waals surface area contributed by atoms with Crippen molar-refractivity contribution in [3.05, 3.63) is 34.7 Å². The van der Waals surface area contributed by atoms with Gasteiger partial charge in [0.25, 0.3) is 0 Å². The van der Waals surface area contributed by atoms with Crippen molar-refractivity contribution in [3.63, 3.8) is 0 Å². The van der Waals surface area contributed by atoms with Gasteiger partial charge >= 0.3 is 0 Å². The van der Waals surface area contributed by atoms with Gasteiger partial charge in [-0.2, -0.15) is 0 Å². The fraction of sp³-hybridized carbons (Fsp3) is 0.500. The van der Waals surface area contributed by atoms with Crippen LogP contribution >= 0.6 is 11.3 Å². The fourth-order valence-corrected chi connectivity index (χ4v) is 4.11. The summed E-state index contributed by atoms with van der Waals surface area (Å²) >= 11 is 1.92. The van der Waals surface area contributed by atoms with Crippen LogP contribution in [0, 0.1) is 0 Å². The largest absolute Gasteiger partial charge is 0.376 e. The number of ether oxygens (including phenoxy) is 1. The molecule has 1 aromatic carbocycles. The molecular formula is C16H22N2OS. The smallest absolute Gasteiger partial charge is 0.0674 e. The van der Waals surface area contributed by atoms with E-state index in [9.17, 15) is 0 Å². The number of nitrogens with one attached hydrogen (secondary N) is 1. The SMILES string of the molecule is CNCc1sc2ccccc2c1CN1CCOC(C)C1. The normalized spacial score (nSPS) is 20.6. The van der Waals surface area contributed by atoms with E-state index < -0.39 is 0 Å². The zero-order valence-electron chi connectivity index (χ0n) is 12.2. The monoisotopic (exact) mass is 290 g/mol. The van der Waals surface area contributed by atoms with E-state index in [4.69, 9.17) is 4.74 Å². The second kappa shape index (κ2) is 6.22. The Morgan fingerprint density at radius 1 is 1.40 bits per heavy atom. The van der Waals surface area contributed by atoms with Gasteiger partial charge in [0, 0.05) is 35.8 Å². The number of hydrogen-bond acceptors (Lipinski definition) is 4. The molecule has 1 aliphatic rings. The van der Waals surface area contributed by atoms with Gasteiger partial charge in [0.2, 0.25) is 0 Å². The lowest BCUT2D eigenvalue weighted by Gasteiger charge is -2.31. The summed E-state index contributed by atoms with van der Waals surface area (Å²) in [6, 6.07) is 8.75. The Balaban J connectivity index is 1.90. The third kappa shape index (κ3) is 2.88. The van der Waals surface area contributed by atoms with Crippen molar-refractivity contribution in [2.24, 2.45) is 0 Å². The minimum absolute atomic E-state index is 0.349. The van der Waals surface area contributed by atoms with Crippen LogP contribution in [0.4, 0.5) is 0 Å². The number of rotatable bonds is 4. The molecule has 1 fully saturated rings. The van der Waals surface area contributed by atoms with E-state index in [0.29, 0.717) is 6.10 Å². The second-order valence-electron chi connectivity index (χ2n) is 5.45. The number of fused-ring (bicyclic) bond motifs is 1. The minimum Gasteiger partial charge on any atom is -0.376 e. The molecule has 1 atom stereocenters. The van der Waals surface area contributed by atoms with Gasteiger partial charge in [0.05, 0.1) is 12.7 Å². The topological polar surface area (TPSA) is 24.5 Å². The molecule has 0 aliphatic carbocycles. The van der Waals surface area contributed by atoms with E-state index in [0.717, 1.165) is 32.8 Å². The van der Waals surface area contributed by atoms with Crippen LogP contribution in [0.3, 0.4) is 0 Å². The second-order valence-corrected chi connectivity index (χ2v) is 6.58. The molecule has 2 heterocycles. The van der Waals surface area contributed by atoms with Crippen molar-refractivity contribution >= 4 is 21.4 Å².